The van der Waals surface area contributed by atoms with Crippen LogP contribution in [0.3, 0.4) is 0 Å². The Morgan fingerprint density at radius 1 is 1.40 bits per heavy atom. The van der Waals surface area contributed by atoms with Gasteiger partial charge in [-0.05, 0) is 18.7 Å². The van der Waals surface area contributed by atoms with Gasteiger partial charge in [0.15, 0.2) is 11.6 Å². The molecule has 0 aliphatic carbocycles. The number of hydrogen-bond acceptors (Lipinski definition) is 5. The first kappa shape index (κ1) is 13.9. The van der Waals surface area contributed by atoms with Gasteiger partial charge in [-0.1, -0.05) is 6.07 Å². The van der Waals surface area contributed by atoms with Gasteiger partial charge in [-0.2, -0.15) is 0 Å². The summed E-state index contributed by atoms with van der Waals surface area (Å²) < 4.78 is 18.9. The SMILES string of the molecule is CNCc1ccc(Oc2ccc([N+](=O)[O-])cc2F)nc1. The molecule has 0 aliphatic heterocycles. The monoisotopic (exact) mass is 277 g/mol. The van der Waals surface area contributed by atoms with E-state index in [-0.39, 0.29) is 17.3 Å². The second kappa shape index (κ2) is 6.07. The Hall–Kier alpha value is -2.54. The highest BCUT2D eigenvalue weighted by Crippen LogP contribution is 2.26. The van der Waals surface area contributed by atoms with E-state index in [0.717, 1.165) is 11.6 Å². The minimum Gasteiger partial charge on any atom is -0.436 e. The molecule has 0 saturated heterocycles. The van der Waals surface area contributed by atoms with E-state index in [2.05, 4.69) is 10.3 Å². The van der Waals surface area contributed by atoms with Crippen LogP contribution in [0.2, 0.25) is 0 Å². The zero-order chi connectivity index (χ0) is 14.5. The lowest BCUT2D eigenvalue weighted by Crippen LogP contribution is -2.05. The van der Waals surface area contributed by atoms with Crippen molar-refractivity contribution in [2.24, 2.45) is 0 Å². The summed E-state index contributed by atoms with van der Waals surface area (Å²) >= 11 is 0. The molecule has 7 heteroatoms. The normalized spacial score (nSPS) is 10.3. The number of halogens is 1. The Morgan fingerprint density at radius 3 is 2.75 bits per heavy atom. The molecule has 0 atom stereocenters. The average Bonchev–Trinajstić information content (AvgIpc) is 2.43. The van der Waals surface area contributed by atoms with E-state index in [1.165, 1.54) is 12.1 Å². The van der Waals surface area contributed by atoms with Crippen LogP contribution in [0.4, 0.5) is 10.1 Å². The van der Waals surface area contributed by atoms with Crippen LogP contribution in [-0.2, 0) is 6.54 Å². The Labute approximate surface area is 114 Å². The van der Waals surface area contributed by atoms with Crippen molar-refractivity contribution in [1.82, 2.24) is 10.3 Å². The van der Waals surface area contributed by atoms with Crippen molar-refractivity contribution < 1.29 is 14.1 Å². The Kier molecular flexibility index (Phi) is 4.21. The number of nitrogens with zero attached hydrogens (tertiary/aromatic N) is 2. The van der Waals surface area contributed by atoms with E-state index in [1.54, 1.807) is 18.3 Å². The van der Waals surface area contributed by atoms with Crippen LogP contribution < -0.4 is 10.1 Å². The summed E-state index contributed by atoms with van der Waals surface area (Å²) in [5.41, 5.74) is 0.635. The highest BCUT2D eigenvalue weighted by atomic mass is 19.1. The van der Waals surface area contributed by atoms with Crippen LogP contribution in [0.15, 0.2) is 36.5 Å². The van der Waals surface area contributed by atoms with Crippen molar-refractivity contribution in [2.45, 2.75) is 6.54 Å². The Morgan fingerprint density at radius 2 is 2.20 bits per heavy atom. The predicted molar refractivity (Wildman–Crippen MR) is 70.1 cm³/mol. The highest BCUT2D eigenvalue weighted by molar-refractivity contribution is 5.39. The second-order valence-corrected chi connectivity index (χ2v) is 4.01. The number of ether oxygens (including phenoxy) is 1. The maximum atomic E-state index is 13.6. The van der Waals surface area contributed by atoms with Crippen LogP contribution in [0.5, 0.6) is 11.6 Å². The van der Waals surface area contributed by atoms with Gasteiger partial charge in [-0.15, -0.1) is 0 Å². The maximum Gasteiger partial charge on any atom is 0.272 e. The standard InChI is InChI=1S/C13H12FN3O3/c1-15-7-9-2-5-13(16-8-9)20-12-4-3-10(17(18)19)6-11(12)14/h2-6,8,15H,7H2,1H3. The topological polar surface area (TPSA) is 77.3 Å². The molecular weight excluding hydrogens is 265 g/mol. The zero-order valence-electron chi connectivity index (χ0n) is 10.7. The third-order valence-corrected chi connectivity index (χ3v) is 2.52. The van der Waals surface area contributed by atoms with Crippen LogP contribution in [0.1, 0.15) is 5.56 Å². The molecule has 1 N–H and O–H groups in total. The summed E-state index contributed by atoms with van der Waals surface area (Å²) in [6.45, 7) is 0.666. The quantitative estimate of drug-likeness (QED) is 0.671. The van der Waals surface area contributed by atoms with Gasteiger partial charge in [0.2, 0.25) is 5.88 Å². The molecule has 0 spiro atoms. The summed E-state index contributed by atoms with van der Waals surface area (Å²) in [7, 11) is 1.82. The van der Waals surface area contributed by atoms with Crippen molar-refractivity contribution in [3.05, 3.63) is 58.0 Å². The van der Waals surface area contributed by atoms with Crippen molar-refractivity contribution in [1.29, 1.82) is 0 Å². The minimum absolute atomic E-state index is 0.107. The molecule has 6 nitrogen and oxygen atoms in total. The lowest BCUT2D eigenvalue weighted by atomic mass is 10.3. The number of nitro groups is 1. The zero-order valence-corrected chi connectivity index (χ0v) is 10.7. The number of rotatable bonds is 5. The van der Waals surface area contributed by atoms with E-state index in [9.17, 15) is 14.5 Å². The average molecular weight is 277 g/mol. The third kappa shape index (κ3) is 3.27. The summed E-state index contributed by atoms with van der Waals surface area (Å²) in [5, 5.41) is 13.5. The molecule has 0 amide bonds. The van der Waals surface area contributed by atoms with Gasteiger partial charge in [0.05, 0.1) is 11.0 Å². The summed E-state index contributed by atoms with van der Waals surface area (Å²) in [5.74, 6) is -0.692. The largest absolute Gasteiger partial charge is 0.436 e. The predicted octanol–water partition coefficient (Wildman–Crippen LogP) is 2.64. The first-order valence-corrected chi connectivity index (χ1v) is 5.81. The molecule has 1 aromatic heterocycles. The molecular formula is C13H12FN3O3. The molecule has 0 aliphatic rings. The summed E-state index contributed by atoms with van der Waals surface area (Å²) in [6.07, 6.45) is 1.61. The van der Waals surface area contributed by atoms with Gasteiger partial charge in [-0.25, -0.2) is 9.37 Å². The lowest BCUT2D eigenvalue weighted by molar-refractivity contribution is -0.385. The fraction of sp³-hybridized carbons (Fsp3) is 0.154. The van der Waals surface area contributed by atoms with Crippen molar-refractivity contribution in [2.75, 3.05) is 7.05 Å². The van der Waals surface area contributed by atoms with Gasteiger partial charge in [0.1, 0.15) is 0 Å². The van der Waals surface area contributed by atoms with Crippen LogP contribution >= 0.6 is 0 Å². The van der Waals surface area contributed by atoms with Gasteiger partial charge in [0, 0.05) is 24.9 Å². The Bertz CT molecular complexity index is 617. The van der Waals surface area contributed by atoms with E-state index >= 15 is 0 Å². The van der Waals surface area contributed by atoms with E-state index in [0.29, 0.717) is 6.54 Å². The van der Waals surface area contributed by atoms with Gasteiger partial charge >= 0.3 is 0 Å². The van der Waals surface area contributed by atoms with Crippen molar-refractivity contribution >= 4 is 5.69 Å². The lowest BCUT2D eigenvalue weighted by Gasteiger charge is -2.06. The van der Waals surface area contributed by atoms with Gasteiger partial charge in [-0.3, -0.25) is 10.1 Å². The first-order chi connectivity index (χ1) is 9.60. The molecule has 2 rings (SSSR count). The van der Waals surface area contributed by atoms with Crippen LogP contribution in [0, 0.1) is 15.9 Å². The van der Waals surface area contributed by atoms with Gasteiger partial charge < -0.3 is 10.1 Å². The fourth-order valence-electron chi connectivity index (χ4n) is 1.58. The molecule has 20 heavy (non-hydrogen) atoms. The van der Waals surface area contributed by atoms with Gasteiger partial charge in [0.25, 0.3) is 5.69 Å². The second-order valence-electron chi connectivity index (χ2n) is 4.01. The summed E-state index contributed by atoms with van der Waals surface area (Å²) in [4.78, 5) is 13.9. The van der Waals surface area contributed by atoms with Crippen LogP contribution in [0.25, 0.3) is 0 Å². The van der Waals surface area contributed by atoms with Crippen molar-refractivity contribution in [3.63, 3.8) is 0 Å². The molecule has 0 saturated carbocycles. The van der Waals surface area contributed by atoms with E-state index < -0.39 is 10.7 Å². The Balaban J connectivity index is 2.15. The number of nitrogens with one attached hydrogen (secondary N) is 1. The van der Waals surface area contributed by atoms with Crippen LogP contribution in [-0.4, -0.2) is 17.0 Å². The number of hydrogen-bond donors (Lipinski definition) is 1. The molecule has 1 heterocycles. The number of nitro benzene ring substituents is 1. The highest BCUT2D eigenvalue weighted by Gasteiger charge is 2.12. The van der Waals surface area contributed by atoms with E-state index in [1.807, 2.05) is 7.05 Å². The first-order valence-electron chi connectivity index (χ1n) is 5.81. The van der Waals surface area contributed by atoms with Crippen molar-refractivity contribution in [3.8, 4) is 11.6 Å². The molecule has 104 valence electrons. The summed E-state index contributed by atoms with van der Waals surface area (Å²) in [6, 6.07) is 6.59. The third-order valence-electron chi connectivity index (χ3n) is 2.52. The number of pyridine rings is 1. The fourth-order valence-corrected chi connectivity index (χ4v) is 1.58. The molecule has 0 bridgehead atoms. The molecule has 0 fully saturated rings. The molecule has 0 radical (unpaired) electrons. The number of non-ortho nitro benzene ring substituents is 1. The molecule has 2 aromatic rings. The molecule has 0 unspecified atom stereocenters. The minimum atomic E-state index is -0.805. The number of aromatic nitrogens is 1. The molecule has 1 aromatic carbocycles. The van der Waals surface area contributed by atoms with E-state index in [4.69, 9.17) is 4.74 Å². The maximum absolute atomic E-state index is 13.6. The smallest absolute Gasteiger partial charge is 0.272 e. The number of benzene rings is 1.